The van der Waals surface area contributed by atoms with E-state index in [4.69, 9.17) is 14.7 Å². The molecule has 1 aliphatic rings. The van der Waals surface area contributed by atoms with Gasteiger partial charge < -0.3 is 9.47 Å². The number of benzene rings is 3. The minimum Gasteiger partial charge on any atom is -0.348 e. The Morgan fingerprint density at radius 1 is 0.793 bits per heavy atom. The number of hydrogen-bond donors (Lipinski definition) is 0. The highest BCUT2D eigenvalue weighted by atomic mass is 16.7. The molecule has 1 fully saturated rings. The Bertz CT molecular complexity index is 961. The first-order valence-electron chi connectivity index (χ1n) is 10.2. The summed E-state index contributed by atoms with van der Waals surface area (Å²) in [5.41, 5.74) is 6.68. The molecular weight excluding hydrogens is 358 g/mol. The maximum absolute atomic E-state index is 8.91. The first-order valence-corrected chi connectivity index (χ1v) is 10.2. The minimum atomic E-state index is -0.361. The Labute approximate surface area is 172 Å². The highest BCUT2D eigenvalue weighted by molar-refractivity contribution is 5.64. The molecule has 0 bridgehead atoms. The fraction of sp³-hybridized carbons (Fsp3) is 0.269. The zero-order chi connectivity index (χ0) is 20.1. The summed E-state index contributed by atoms with van der Waals surface area (Å²) in [7, 11) is 0. The number of hydrogen-bond acceptors (Lipinski definition) is 3. The van der Waals surface area contributed by atoms with Crippen LogP contribution >= 0.6 is 0 Å². The van der Waals surface area contributed by atoms with Crippen LogP contribution in [0.25, 0.3) is 11.1 Å². The molecule has 3 heteroatoms. The number of rotatable bonds is 5. The van der Waals surface area contributed by atoms with Gasteiger partial charge in [-0.25, -0.2) is 0 Å². The summed E-state index contributed by atoms with van der Waals surface area (Å²) in [4.78, 5) is 0. The Morgan fingerprint density at radius 2 is 1.34 bits per heavy atom. The summed E-state index contributed by atoms with van der Waals surface area (Å²) in [5, 5.41) is 8.91. The van der Waals surface area contributed by atoms with Crippen LogP contribution in [0.4, 0.5) is 0 Å². The van der Waals surface area contributed by atoms with Crippen LogP contribution in [0.1, 0.15) is 47.8 Å². The maximum atomic E-state index is 8.91. The molecule has 1 saturated heterocycles. The molecule has 0 aliphatic carbocycles. The van der Waals surface area contributed by atoms with Gasteiger partial charge in [0.15, 0.2) is 6.29 Å². The van der Waals surface area contributed by atoms with Crippen LogP contribution < -0.4 is 0 Å². The van der Waals surface area contributed by atoms with Crippen molar-refractivity contribution in [3.63, 3.8) is 0 Å². The molecule has 4 rings (SSSR count). The van der Waals surface area contributed by atoms with Crippen LogP contribution in [0, 0.1) is 11.3 Å². The van der Waals surface area contributed by atoms with Crippen LogP contribution in [0.2, 0.25) is 0 Å². The molecule has 0 radical (unpaired) electrons. The lowest BCUT2D eigenvalue weighted by atomic mass is 9.96. The summed E-state index contributed by atoms with van der Waals surface area (Å²) in [5.74, 6) is 0.227. The van der Waals surface area contributed by atoms with Gasteiger partial charge in [0.1, 0.15) is 0 Å². The summed E-state index contributed by atoms with van der Waals surface area (Å²) < 4.78 is 11.9. The van der Waals surface area contributed by atoms with Gasteiger partial charge in [0.25, 0.3) is 0 Å². The average molecular weight is 383 g/mol. The summed E-state index contributed by atoms with van der Waals surface area (Å²) in [6.45, 7) is 3.45. The van der Waals surface area contributed by atoms with E-state index >= 15 is 0 Å². The second-order valence-electron chi connectivity index (χ2n) is 7.50. The molecule has 146 valence electrons. The second kappa shape index (κ2) is 9.05. The van der Waals surface area contributed by atoms with Gasteiger partial charge in [-0.1, -0.05) is 74.0 Å². The Morgan fingerprint density at radius 3 is 1.90 bits per heavy atom. The highest BCUT2D eigenvalue weighted by Gasteiger charge is 2.24. The number of nitriles is 1. The lowest BCUT2D eigenvalue weighted by Gasteiger charge is -2.30. The van der Waals surface area contributed by atoms with E-state index in [-0.39, 0.29) is 12.2 Å². The molecule has 3 aromatic carbocycles. The van der Waals surface area contributed by atoms with E-state index in [0.29, 0.717) is 18.8 Å². The monoisotopic (exact) mass is 383 g/mol. The molecule has 1 heterocycles. The molecule has 3 aromatic rings. The Kier molecular flexibility index (Phi) is 6.05. The smallest absolute Gasteiger partial charge is 0.183 e. The minimum absolute atomic E-state index is 0.227. The lowest BCUT2D eigenvalue weighted by molar-refractivity contribution is -0.191. The fourth-order valence-corrected chi connectivity index (χ4v) is 3.70. The fourth-order valence-electron chi connectivity index (χ4n) is 3.70. The van der Waals surface area contributed by atoms with Crippen molar-refractivity contribution in [3.05, 3.63) is 95.1 Å². The Hall–Kier alpha value is -2.93. The van der Waals surface area contributed by atoms with Crippen molar-refractivity contribution >= 4 is 0 Å². The molecule has 0 saturated carbocycles. The maximum Gasteiger partial charge on any atom is 0.183 e. The number of nitrogens with zero attached hydrogens (tertiary/aromatic N) is 1. The van der Waals surface area contributed by atoms with E-state index in [1.807, 2.05) is 12.1 Å². The third kappa shape index (κ3) is 4.56. The average Bonchev–Trinajstić information content (AvgIpc) is 2.80. The van der Waals surface area contributed by atoms with Crippen molar-refractivity contribution in [2.75, 3.05) is 13.2 Å². The number of ether oxygens (including phenoxy) is 2. The molecule has 0 aromatic heterocycles. The largest absolute Gasteiger partial charge is 0.348 e. The molecular formula is C26H25NO2. The third-order valence-electron chi connectivity index (χ3n) is 5.42. The summed E-state index contributed by atoms with van der Waals surface area (Å²) >= 11 is 0. The van der Waals surface area contributed by atoms with Crippen LogP contribution in [0.5, 0.6) is 0 Å². The SMILES string of the molecule is CCCc1ccc(-c2ccc(C3COC(c4ccc(C#N)cc4)OC3)cc2)cc1. The van der Waals surface area contributed by atoms with E-state index in [9.17, 15) is 0 Å². The van der Waals surface area contributed by atoms with Gasteiger partial charge in [-0.2, -0.15) is 5.26 Å². The van der Waals surface area contributed by atoms with E-state index in [1.54, 1.807) is 12.1 Å². The zero-order valence-corrected chi connectivity index (χ0v) is 16.7. The van der Waals surface area contributed by atoms with Gasteiger partial charge in [0.2, 0.25) is 0 Å². The van der Waals surface area contributed by atoms with Gasteiger partial charge >= 0.3 is 0 Å². The molecule has 0 spiro atoms. The topological polar surface area (TPSA) is 42.2 Å². The van der Waals surface area contributed by atoms with Crippen molar-refractivity contribution in [1.29, 1.82) is 5.26 Å². The number of aryl methyl sites for hydroxylation is 1. The highest BCUT2D eigenvalue weighted by Crippen LogP contribution is 2.31. The zero-order valence-electron chi connectivity index (χ0n) is 16.7. The van der Waals surface area contributed by atoms with Crippen molar-refractivity contribution in [3.8, 4) is 17.2 Å². The standard InChI is InChI=1S/C26H25NO2/c1-2-3-19-4-8-21(9-5-19)22-12-14-23(15-13-22)25-17-28-26(29-18-25)24-10-6-20(16-27)7-11-24/h4-15,25-26H,2-3,17-18H2,1H3. The quantitative estimate of drug-likeness (QED) is 0.542. The first kappa shape index (κ1) is 19.4. The van der Waals surface area contributed by atoms with Gasteiger partial charge in [0.05, 0.1) is 24.8 Å². The molecule has 0 N–H and O–H groups in total. The Balaban J connectivity index is 1.38. The van der Waals surface area contributed by atoms with Gasteiger partial charge in [-0.15, -0.1) is 0 Å². The molecule has 0 amide bonds. The van der Waals surface area contributed by atoms with Crippen LogP contribution in [-0.2, 0) is 15.9 Å². The third-order valence-corrected chi connectivity index (χ3v) is 5.42. The van der Waals surface area contributed by atoms with Crippen LogP contribution in [-0.4, -0.2) is 13.2 Å². The van der Waals surface area contributed by atoms with E-state index in [2.05, 4.69) is 61.5 Å². The van der Waals surface area contributed by atoms with E-state index in [1.165, 1.54) is 28.7 Å². The van der Waals surface area contributed by atoms with Crippen molar-refractivity contribution < 1.29 is 9.47 Å². The molecule has 0 atom stereocenters. The molecule has 29 heavy (non-hydrogen) atoms. The summed E-state index contributed by atoms with van der Waals surface area (Å²) in [6, 6.07) is 27.1. The van der Waals surface area contributed by atoms with Gasteiger partial charge in [-0.3, -0.25) is 0 Å². The van der Waals surface area contributed by atoms with E-state index in [0.717, 1.165) is 12.0 Å². The normalized spacial score (nSPS) is 18.9. The lowest BCUT2D eigenvalue weighted by Crippen LogP contribution is -2.25. The predicted octanol–water partition coefficient (Wildman–Crippen LogP) is 6.01. The molecule has 1 aliphatic heterocycles. The van der Waals surface area contributed by atoms with Crippen LogP contribution in [0.3, 0.4) is 0 Å². The van der Waals surface area contributed by atoms with Crippen molar-refractivity contribution in [1.82, 2.24) is 0 Å². The van der Waals surface area contributed by atoms with Gasteiger partial charge in [-0.05, 0) is 40.8 Å². The second-order valence-corrected chi connectivity index (χ2v) is 7.50. The first-order chi connectivity index (χ1) is 14.3. The van der Waals surface area contributed by atoms with Crippen LogP contribution in [0.15, 0.2) is 72.8 Å². The van der Waals surface area contributed by atoms with Crippen molar-refractivity contribution in [2.24, 2.45) is 0 Å². The van der Waals surface area contributed by atoms with Gasteiger partial charge in [0, 0.05) is 11.5 Å². The summed E-state index contributed by atoms with van der Waals surface area (Å²) in [6.07, 6.45) is 1.94. The molecule has 0 unspecified atom stereocenters. The van der Waals surface area contributed by atoms with Crippen molar-refractivity contribution in [2.45, 2.75) is 32.0 Å². The molecule has 3 nitrogen and oxygen atoms in total. The van der Waals surface area contributed by atoms with E-state index < -0.39 is 0 Å². The predicted molar refractivity (Wildman–Crippen MR) is 114 cm³/mol.